The molecule has 0 spiro atoms. The summed E-state index contributed by atoms with van der Waals surface area (Å²) in [4.78, 5) is 6.73. The third-order valence-corrected chi connectivity index (χ3v) is 4.49. The fourth-order valence-corrected chi connectivity index (χ4v) is 3.44. The number of oxime groups is 1. The van der Waals surface area contributed by atoms with Gasteiger partial charge in [-0.1, -0.05) is 5.16 Å². The van der Waals surface area contributed by atoms with Crippen molar-refractivity contribution >= 4 is 11.7 Å². The largest absolute Gasteiger partial charge is 0.409 e. The van der Waals surface area contributed by atoms with Crippen molar-refractivity contribution in [1.82, 2.24) is 4.98 Å². The van der Waals surface area contributed by atoms with E-state index in [-0.39, 0.29) is 11.9 Å². The van der Waals surface area contributed by atoms with Crippen LogP contribution in [0.1, 0.15) is 24.1 Å². The second-order valence-corrected chi connectivity index (χ2v) is 5.81. The SMILES string of the molecule is Cc1cc(/C(N)=N/O)cc(N2CC3CCC(O)C3C2)n1. The molecule has 2 heterocycles. The molecule has 3 rings (SSSR count). The number of hydrogen-bond acceptors (Lipinski definition) is 5. The number of aryl methyl sites for hydroxylation is 1. The highest BCUT2D eigenvalue weighted by molar-refractivity contribution is 5.97. The highest BCUT2D eigenvalue weighted by atomic mass is 16.4. The van der Waals surface area contributed by atoms with Gasteiger partial charge in [-0.2, -0.15) is 0 Å². The van der Waals surface area contributed by atoms with Gasteiger partial charge in [0.2, 0.25) is 0 Å². The van der Waals surface area contributed by atoms with Gasteiger partial charge in [0.25, 0.3) is 0 Å². The molecule has 1 aliphatic heterocycles. The molecular formula is C14H20N4O2. The van der Waals surface area contributed by atoms with Gasteiger partial charge in [0.15, 0.2) is 5.84 Å². The predicted octanol–water partition coefficient (Wildman–Crippen LogP) is 0.692. The third kappa shape index (κ3) is 2.20. The number of hydrogen-bond donors (Lipinski definition) is 3. The first-order valence-corrected chi connectivity index (χ1v) is 6.98. The van der Waals surface area contributed by atoms with Gasteiger partial charge in [-0.05, 0) is 37.8 Å². The minimum absolute atomic E-state index is 0.0937. The standard InChI is InChI=1S/C14H20N4O2/c1-8-4-10(14(15)17-20)5-13(16-8)18-6-9-2-3-12(19)11(9)7-18/h4-5,9,11-12,19-20H,2-3,6-7H2,1H3,(H2,15,17). The number of fused-ring (bicyclic) bond motifs is 1. The molecule has 1 aromatic rings. The summed E-state index contributed by atoms with van der Waals surface area (Å²) in [6.07, 6.45) is 1.82. The molecule has 6 nitrogen and oxygen atoms in total. The van der Waals surface area contributed by atoms with Crippen LogP contribution in [0.5, 0.6) is 0 Å². The summed E-state index contributed by atoms with van der Waals surface area (Å²) in [6, 6.07) is 3.64. The van der Waals surface area contributed by atoms with Crippen molar-refractivity contribution in [3.8, 4) is 0 Å². The number of nitrogens with zero attached hydrogens (tertiary/aromatic N) is 3. The van der Waals surface area contributed by atoms with Gasteiger partial charge in [-0.25, -0.2) is 4.98 Å². The summed E-state index contributed by atoms with van der Waals surface area (Å²) in [7, 11) is 0. The molecule has 4 N–H and O–H groups in total. The molecule has 1 saturated carbocycles. The molecular weight excluding hydrogens is 256 g/mol. The Hall–Kier alpha value is -1.82. The molecule has 108 valence electrons. The van der Waals surface area contributed by atoms with Gasteiger partial charge < -0.3 is 20.9 Å². The topological polar surface area (TPSA) is 95.0 Å². The molecule has 1 aliphatic carbocycles. The number of anilines is 1. The summed E-state index contributed by atoms with van der Waals surface area (Å²) in [5, 5.41) is 21.8. The molecule has 0 aromatic carbocycles. The summed E-state index contributed by atoms with van der Waals surface area (Å²) < 4.78 is 0. The molecule has 3 atom stereocenters. The number of aliphatic hydroxyl groups excluding tert-OH is 1. The quantitative estimate of drug-likeness (QED) is 0.320. The average Bonchev–Trinajstić information content (AvgIpc) is 3.00. The normalized spacial score (nSPS) is 29.8. The van der Waals surface area contributed by atoms with Crippen molar-refractivity contribution in [3.05, 3.63) is 23.4 Å². The molecule has 1 saturated heterocycles. The highest BCUT2D eigenvalue weighted by Gasteiger charge is 2.42. The Balaban J connectivity index is 1.86. The highest BCUT2D eigenvalue weighted by Crippen LogP contribution is 2.39. The van der Waals surface area contributed by atoms with Gasteiger partial charge in [-0.15, -0.1) is 0 Å². The minimum atomic E-state index is -0.182. The fourth-order valence-electron chi connectivity index (χ4n) is 3.44. The number of aliphatic hydroxyl groups is 1. The Morgan fingerprint density at radius 2 is 2.20 bits per heavy atom. The van der Waals surface area contributed by atoms with Crippen molar-refractivity contribution in [3.63, 3.8) is 0 Å². The molecule has 0 bridgehead atoms. The van der Waals surface area contributed by atoms with Crippen molar-refractivity contribution in [2.75, 3.05) is 18.0 Å². The van der Waals surface area contributed by atoms with Crippen molar-refractivity contribution in [2.24, 2.45) is 22.7 Å². The lowest BCUT2D eigenvalue weighted by Crippen LogP contribution is -2.26. The van der Waals surface area contributed by atoms with Crippen molar-refractivity contribution in [2.45, 2.75) is 25.9 Å². The van der Waals surface area contributed by atoms with E-state index >= 15 is 0 Å². The Labute approximate surface area is 117 Å². The van der Waals surface area contributed by atoms with Crippen LogP contribution in [0.2, 0.25) is 0 Å². The molecule has 6 heteroatoms. The summed E-state index contributed by atoms with van der Waals surface area (Å²) in [5.74, 6) is 1.84. The van der Waals surface area contributed by atoms with Gasteiger partial charge >= 0.3 is 0 Å². The number of aromatic nitrogens is 1. The molecule has 3 unspecified atom stereocenters. The van der Waals surface area contributed by atoms with E-state index in [0.29, 0.717) is 17.4 Å². The van der Waals surface area contributed by atoms with Gasteiger partial charge in [0, 0.05) is 30.3 Å². The van der Waals surface area contributed by atoms with Crippen molar-refractivity contribution in [1.29, 1.82) is 0 Å². The van der Waals surface area contributed by atoms with Crippen LogP contribution < -0.4 is 10.6 Å². The van der Waals surface area contributed by atoms with Crippen LogP contribution in [-0.2, 0) is 0 Å². The smallest absolute Gasteiger partial charge is 0.170 e. The molecule has 2 fully saturated rings. The predicted molar refractivity (Wildman–Crippen MR) is 75.9 cm³/mol. The monoisotopic (exact) mass is 276 g/mol. The number of pyridine rings is 1. The summed E-state index contributed by atoms with van der Waals surface area (Å²) in [6.45, 7) is 3.65. The van der Waals surface area contributed by atoms with E-state index < -0.39 is 0 Å². The van der Waals surface area contributed by atoms with E-state index in [1.54, 1.807) is 6.07 Å². The van der Waals surface area contributed by atoms with Gasteiger partial charge in [-0.3, -0.25) is 0 Å². The van der Waals surface area contributed by atoms with E-state index in [9.17, 15) is 5.11 Å². The maximum absolute atomic E-state index is 9.98. The zero-order chi connectivity index (χ0) is 14.3. The van der Waals surface area contributed by atoms with Crippen LogP contribution >= 0.6 is 0 Å². The lowest BCUT2D eigenvalue weighted by atomic mass is 10.00. The molecule has 1 aromatic heterocycles. The van der Waals surface area contributed by atoms with E-state index in [0.717, 1.165) is 37.4 Å². The molecule has 0 amide bonds. The third-order valence-electron chi connectivity index (χ3n) is 4.49. The second kappa shape index (κ2) is 4.94. The lowest BCUT2D eigenvalue weighted by Gasteiger charge is -2.20. The zero-order valence-corrected chi connectivity index (χ0v) is 11.5. The number of nitrogens with two attached hydrogens (primary N) is 1. The van der Waals surface area contributed by atoms with Crippen LogP contribution in [0.4, 0.5) is 5.82 Å². The first kappa shape index (κ1) is 13.2. The maximum atomic E-state index is 9.98. The van der Waals surface area contributed by atoms with Crippen LogP contribution in [0, 0.1) is 18.8 Å². The zero-order valence-electron chi connectivity index (χ0n) is 11.5. The van der Waals surface area contributed by atoms with Crippen molar-refractivity contribution < 1.29 is 10.3 Å². The van der Waals surface area contributed by atoms with Crippen LogP contribution in [0.15, 0.2) is 17.3 Å². The summed E-state index contributed by atoms with van der Waals surface area (Å²) >= 11 is 0. The maximum Gasteiger partial charge on any atom is 0.170 e. The van der Waals surface area contributed by atoms with E-state index in [4.69, 9.17) is 10.9 Å². The number of amidine groups is 1. The molecule has 2 aliphatic rings. The van der Waals surface area contributed by atoms with Gasteiger partial charge in [0.05, 0.1) is 6.10 Å². The minimum Gasteiger partial charge on any atom is -0.409 e. The van der Waals surface area contributed by atoms with E-state index in [1.807, 2.05) is 13.0 Å². The Morgan fingerprint density at radius 1 is 1.40 bits per heavy atom. The van der Waals surface area contributed by atoms with Crippen LogP contribution in [0.3, 0.4) is 0 Å². The first-order valence-electron chi connectivity index (χ1n) is 6.98. The molecule has 20 heavy (non-hydrogen) atoms. The second-order valence-electron chi connectivity index (χ2n) is 5.81. The number of rotatable bonds is 2. The first-order chi connectivity index (χ1) is 9.58. The summed E-state index contributed by atoms with van der Waals surface area (Å²) in [5.41, 5.74) is 7.17. The Morgan fingerprint density at radius 3 is 2.90 bits per heavy atom. The Bertz CT molecular complexity index is 546. The molecule has 0 radical (unpaired) electrons. The lowest BCUT2D eigenvalue weighted by molar-refractivity contribution is 0.133. The van der Waals surface area contributed by atoms with Crippen LogP contribution in [-0.4, -0.2) is 40.3 Å². The Kier molecular flexibility index (Phi) is 3.25. The van der Waals surface area contributed by atoms with Crippen LogP contribution in [0.25, 0.3) is 0 Å². The van der Waals surface area contributed by atoms with Gasteiger partial charge in [0.1, 0.15) is 5.82 Å². The average molecular weight is 276 g/mol. The van der Waals surface area contributed by atoms with E-state index in [2.05, 4.69) is 15.0 Å². The fraction of sp³-hybridized carbons (Fsp3) is 0.571. The van der Waals surface area contributed by atoms with E-state index in [1.165, 1.54) is 0 Å².